The topological polar surface area (TPSA) is 51.7 Å². The van der Waals surface area contributed by atoms with Crippen LogP contribution in [0.5, 0.6) is 11.5 Å². The van der Waals surface area contributed by atoms with Gasteiger partial charge in [-0.05, 0) is 42.8 Å². The van der Waals surface area contributed by atoms with Crippen LogP contribution in [0.3, 0.4) is 0 Å². The Hall–Kier alpha value is -2.56. The maximum absolute atomic E-state index is 12.1. The van der Waals surface area contributed by atoms with Crippen molar-refractivity contribution >= 4 is 5.91 Å². The van der Waals surface area contributed by atoms with Crippen LogP contribution in [0.2, 0.25) is 0 Å². The molecule has 0 spiro atoms. The third kappa shape index (κ3) is 5.62. The summed E-state index contributed by atoms with van der Waals surface area (Å²) in [6, 6.07) is 12.9. The number of benzene rings is 1. The van der Waals surface area contributed by atoms with Gasteiger partial charge in [-0.3, -0.25) is 9.78 Å². The summed E-state index contributed by atoms with van der Waals surface area (Å²) in [4.78, 5) is 17.9. The maximum Gasteiger partial charge on any atom is 0.260 e. The number of ether oxygens (including phenoxy) is 2. The molecule has 23 heavy (non-hydrogen) atoms. The molecule has 5 heteroatoms. The van der Waals surface area contributed by atoms with Gasteiger partial charge in [0.15, 0.2) is 6.61 Å². The number of rotatable bonds is 8. The Bertz CT molecular complexity index is 599. The van der Waals surface area contributed by atoms with E-state index in [0.717, 1.165) is 17.9 Å². The third-order valence-corrected chi connectivity index (χ3v) is 3.21. The molecule has 1 amide bonds. The molecule has 0 N–H and O–H groups in total. The van der Waals surface area contributed by atoms with Gasteiger partial charge in [0.05, 0.1) is 18.8 Å². The lowest BCUT2D eigenvalue weighted by Gasteiger charge is -2.17. The number of carbonyl (C=O) groups is 1. The zero-order valence-electron chi connectivity index (χ0n) is 13.6. The smallest absolute Gasteiger partial charge is 0.260 e. The summed E-state index contributed by atoms with van der Waals surface area (Å²) in [5, 5.41) is 0. The highest BCUT2D eigenvalue weighted by molar-refractivity contribution is 5.77. The summed E-state index contributed by atoms with van der Waals surface area (Å²) >= 11 is 0. The Morgan fingerprint density at radius 3 is 2.39 bits per heavy atom. The zero-order valence-corrected chi connectivity index (χ0v) is 13.6. The molecular formula is C18H22N2O3. The summed E-state index contributed by atoms with van der Waals surface area (Å²) in [5.74, 6) is 1.35. The van der Waals surface area contributed by atoms with Gasteiger partial charge in [0.2, 0.25) is 0 Å². The fraction of sp³-hybridized carbons (Fsp3) is 0.333. The molecule has 0 aliphatic rings. The molecular weight excluding hydrogens is 292 g/mol. The summed E-state index contributed by atoms with van der Waals surface area (Å²) in [6.45, 7) is 3.22. The standard InChI is InChI=1S/C18H22N2O3/c1-3-12-22-16-7-9-17(10-8-16)23-14-18(21)20(2)13-15-6-4-5-11-19-15/h4-11H,3,12-14H2,1-2H3. The Kier molecular flexibility index (Phi) is 6.41. The van der Waals surface area contributed by atoms with Crippen molar-refractivity contribution in [3.63, 3.8) is 0 Å². The number of hydrogen-bond acceptors (Lipinski definition) is 4. The summed E-state index contributed by atoms with van der Waals surface area (Å²) in [7, 11) is 1.74. The van der Waals surface area contributed by atoms with Crippen molar-refractivity contribution in [2.24, 2.45) is 0 Å². The molecule has 0 aliphatic heterocycles. The molecule has 1 heterocycles. The molecule has 122 valence electrons. The molecule has 0 saturated heterocycles. The van der Waals surface area contributed by atoms with Gasteiger partial charge in [0.1, 0.15) is 11.5 Å². The Morgan fingerprint density at radius 2 is 1.78 bits per heavy atom. The maximum atomic E-state index is 12.1. The number of nitrogens with zero attached hydrogens (tertiary/aromatic N) is 2. The fourth-order valence-corrected chi connectivity index (χ4v) is 1.93. The predicted octanol–water partition coefficient (Wildman–Crippen LogP) is 2.91. The Morgan fingerprint density at radius 1 is 1.09 bits per heavy atom. The van der Waals surface area contributed by atoms with Crippen molar-refractivity contribution in [2.75, 3.05) is 20.3 Å². The van der Waals surface area contributed by atoms with Crippen LogP contribution in [0.4, 0.5) is 0 Å². The van der Waals surface area contributed by atoms with Crippen LogP contribution in [-0.4, -0.2) is 36.1 Å². The molecule has 2 rings (SSSR count). The first-order valence-corrected chi connectivity index (χ1v) is 7.68. The lowest BCUT2D eigenvalue weighted by Crippen LogP contribution is -2.31. The molecule has 0 atom stereocenters. The van der Waals surface area contributed by atoms with Crippen LogP contribution in [-0.2, 0) is 11.3 Å². The van der Waals surface area contributed by atoms with E-state index in [4.69, 9.17) is 9.47 Å². The van der Waals surface area contributed by atoms with Crippen LogP contribution in [0.15, 0.2) is 48.7 Å². The van der Waals surface area contributed by atoms with Crippen molar-refractivity contribution in [2.45, 2.75) is 19.9 Å². The minimum Gasteiger partial charge on any atom is -0.494 e. The molecule has 2 aromatic rings. The SMILES string of the molecule is CCCOc1ccc(OCC(=O)N(C)Cc2ccccn2)cc1. The lowest BCUT2D eigenvalue weighted by molar-refractivity contribution is -0.132. The number of likely N-dealkylation sites (N-methyl/N-ethyl adjacent to an activating group) is 1. The van der Waals surface area contributed by atoms with E-state index >= 15 is 0 Å². The highest BCUT2D eigenvalue weighted by Gasteiger charge is 2.10. The van der Waals surface area contributed by atoms with Gasteiger partial charge in [-0.15, -0.1) is 0 Å². The van der Waals surface area contributed by atoms with Gasteiger partial charge in [0.25, 0.3) is 5.91 Å². The zero-order chi connectivity index (χ0) is 16.5. The first-order chi connectivity index (χ1) is 11.2. The van der Waals surface area contributed by atoms with Gasteiger partial charge in [-0.1, -0.05) is 13.0 Å². The van der Waals surface area contributed by atoms with E-state index in [1.807, 2.05) is 30.3 Å². The molecule has 0 radical (unpaired) electrons. The van der Waals surface area contributed by atoms with E-state index in [1.54, 1.807) is 30.3 Å². The monoisotopic (exact) mass is 314 g/mol. The van der Waals surface area contributed by atoms with Crippen LogP contribution < -0.4 is 9.47 Å². The van der Waals surface area contributed by atoms with Crippen LogP contribution in [0.1, 0.15) is 19.0 Å². The second-order valence-electron chi connectivity index (χ2n) is 5.18. The number of aromatic nitrogens is 1. The normalized spacial score (nSPS) is 10.2. The second-order valence-corrected chi connectivity index (χ2v) is 5.18. The van der Waals surface area contributed by atoms with E-state index in [-0.39, 0.29) is 12.5 Å². The Balaban J connectivity index is 1.79. The first kappa shape index (κ1) is 16.8. The van der Waals surface area contributed by atoms with Crippen molar-refractivity contribution in [1.82, 2.24) is 9.88 Å². The minimum atomic E-state index is -0.0954. The van der Waals surface area contributed by atoms with Crippen LogP contribution >= 0.6 is 0 Å². The van der Waals surface area contributed by atoms with Crippen molar-refractivity contribution in [3.8, 4) is 11.5 Å². The molecule has 0 bridgehead atoms. The second kappa shape index (κ2) is 8.78. The summed E-state index contributed by atoms with van der Waals surface area (Å²) in [5.41, 5.74) is 0.848. The number of carbonyl (C=O) groups excluding carboxylic acids is 1. The largest absolute Gasteiger partial charge is 0.494 e. The average Bonchev–Trinajstić information content (AvgIpc) is 2.59. The average molecular weight is 314 g/mol. The molecule has 0 unspecified atom stereocenters. The number of hydrogen-bond donors (Lipinski definition) is 0. The molecule has 1 aromatic heterocycles. The summed E-state index contributed by atoms with van der Waals surface area (Å²) in [6.07, 6.45) is 2.68. The number of amides is 1. The summed E-state index contributed by atoms with van der Waals surface area (Å²) < 4.78 is 11.0. The van der Waals surface area contributed by atoms with Crippen LogP contribution in [0.25, 0.3) is 0 Å². The number of pyridine rings is 1. The molecule has 1 aromatic carbocycles. The highest BCUT2D eigenvalue weighted by atomic mass is 16.5. The van der Waals surface area contributed by atoms with E-state index < -0.39 is 0 Å². The molecule has 0 aliphatic carbocycles. The van der Waals surface area contributed by atoms with E-state index in [2.05, 4.69) is 11.9 Å². The molecule has 0 fully saturated rings. The van der Waals surface area contributed by atoms with Gasteiger partial charge in [-0.25, -0.2) is 0 Å². The van der Waals surface area contributed by atoms with E-state index in [1.165, 1.54) is 0 Å². The van der Waals surface area contributed by atoms with Crippen molar-refractivity contribution < 1.29 is 14.3 Å². The highest BCUT2D eigenvalue weighted by Crippen LogP contribution is 2.17. The van der Waals surface area contributed by atoms with Gasteiger partial charge < -0.3 is 14.4 Å². The van der Waals surface area contributed by atoms with Gasteiger partial charge in [0, 0.05) is 13.2 Å². The predicted molar refractivity (Wildman–Crippen MR) is 88.4 cm³/mol. The minimum absolute atomic E-state index is 0.00149. The van der Waals surface area contributed by atoms with E-state index in [9.17, 15) is 4.79 Å². The fourth-order valence-electron chi connectivity index (χ4n) is 1.93. The molecule has 0 saturated carbocycles. The third-order valence-electron chi connectivity index (χ3n) is 3.21. The first-order valence-electron chi connectivity index (χ1n) is 7.68. The molecule has 5 nitrogen and oxygen atoms in total. The van der Waals surface area contributed by atoms with Gasteiger partial charge in [-0.2, -0.15) is 0 Å². The quantitative estimate of drug-likeness (QED) is 0.752. The van der Waals surface area contributed by atoms with Crippen molar-refractivity contribution in [1.29, 1.82) is 0 Å². The Labute approximate surface area is 136 Å². The lowest BCUT2D eigenvalue weighted by atomic mass is 10.3. The van der Waals surface area contributed by atoms with E-state index in [0.29, 0.717) is 18.9 Å². The van der Waals surface area contributed by atoms with Crippen molar-refractivity contribution in [3.05, 3.63) is 54.4 Å². The van der Waals surface area contributed by atoms with Gasteiger partial charge >= 0.3 is 0 Å². The van der Waals surface area contributed by atoms with Crippen LogP contribution in [0, 0.1) is 0 Å².